The summed E-state index contributed by atoms with van der Waals surface area (Å²) >= 11 is 0. The molecule has 0 aliphatic carbocycles. The Labute approximate surface area is 145 Å². The number of nitrogens with zero attached hydrogens (tertiary/aromatic N) is 1. The molecule has 1 atom stereocenters. The molecular weight excluding hydrogens is 324 g/mol. The Bertz CT molecular complexity index is 663. The van der Waals surface area contributed by atoms with Gasteiger partial charge in [0.15, 0.2) is 0 Å². The van der Waals surface area contributed by atoms with Crippen LogP contribution in [0.15, 0.2) is 29.2 Å². The summed E-state index contributed by atoms with van der Waals surface area (Å²) in [6.07, 6.45) is 3.93. The first-order chi connectivity index (χ1) is 11.3. The van der Waals surface area contributed by atoms with Gasteiger partial charge in [-0.3, -0.25) is 4.79 Å². The van der Waals surface area contributed by atoms with Crippen molar-refractivity contribution in [3.8, 4) is 0 Å². The number of hydrogen-bond acceptors (Lipinski definition) is 3. The highest BCUT2D eigenvalue weighted by Crippen LogP contribution is 2.21. The molecule has 1 aromatic rings. The van der Waals surface area contributed by atoms with E-state index in [2.05, 4.69) is 5.32 Å². The van der Waals surface area contributed by atoms with Crippen molar-refractivity contribution in [2.45, 2.75) is 57.4 Å². The van der Waals surface area contributed by atoms with Crippen molar-refractivity contribution in [3.05, 3.63) is 29.8 Å². The van der Waals surface area contributed by atoms with Gasteiger partial charge in [0.05, 0.1) is 4.90 Å². The molecule has 6 heteroatoms. The fraction of sp³-hybridized carbons (Fsp3) is 0.611. The van der Waals surface area contributed by atoms with Crippen molar-refractivity contribution in [2.75, 3.05) is 13.1 Å². The molecule has 1 aliphatic rings. The molecule has 0 spiro atoms. The summed E-state index contributed by atoms with van der Waals surface area (Å²) in [7, 11) is -3.53. The van der Waals surface area contributed by atoms with Gasteiger partial charge in [-0.15, -0.1) is 0 Å². The number of rotatable bonds is 5. The molecule has 134 valence electrons. The second-order valence-electron chi connectivity index (χ2n) is 6.85. The molecule has 0 aromatic heterocycles. The van der Waals surface area contributed by atoms with E-state index in [1.165, 1.54) is 6.07 Å². The lowest BCUT2D eigenvalue weighted by atomic mass is 10.1. The first-order valence-corrected chi connectivity index (χ1v) is 10.2. The maximum absolute atomic E-state index is 12.8. The zero-order valence-corrected chi connectivity index (χ0v) is 15.6. The van der Waals surface area contributed by atoms with E-state index in [9.17, 15) is 13.2 Å². The predicted molar refractivity (Wildman–Crippen MR) is 95.4 cm³/mol. The highest BCUT2D eigenvalue weighted by atomic mass is 32.2. The van der Waals surface area contributed by atoms with E-state index in [1.54, 1.807) is 22.5 Å². The summed E-state index contributed by atoms with van der Waals surface area (Å²) < 4.78 is 27.2. The summed E-state index contributed by atoms with van der Waals surface area (Å²) in [5, 5.41) is 2.92. The van der Waals surface area contributed by atoms with Gasteiger partial charge in [-0.1, -0.05) is 32.8 Å². The summed E-state index contributed by atoms with van der Waals surface area (Å²) in [6, 6.07) is 6.39. The molecule has 2 rings (SSSR count). The molecular formula is C18H28N2O3S. The van der Waals surface area contributed by atoms with Crippen LogP contribution in [0.25, 0.3) is 0 Å². The first-order valence-electron chi connectivity index (χ1n) is 8.73. The third kappa shape index (κ3) is 4.57. The van der Waals surface area contributed by atoms with Crippen LogP contribution >= 0.6 is 0 Å². The molecule has 1 saturated heterocycles. The highest BCUT2D eigenvalue weighted by molar-refractivity contribution is 7.89. The lowest BCUT2D eigenvalue weighted by Crippen LogP contribution is -2.36. The van der Waals surface area contributed by atoms with Crippen LogP contribution in [0.5, 0.6) is 0 Å². The van der Waals surface area contributed by atoms with Gasteiger partial charge in [0.1, 0.15) is 0 Å². The van der Waals surface area contributed by atoms with Gasteiger partial charge in [-0.05, 0) is 43.9 Å². The van der Waals surface area contributed by atoms with E-state index in [1.807, 2.05) is 20.8 Å². The van der Waals surface area contributed by atoms with E-state index < -0.39 is 10.0 Å². The quantitative estimate of drug-likeness (QED) is 0.886. The van der Waals surface area contributed by atoms with Crippen molar-refractivity contribution < 1.29 is 13.2 Å². The Morgan fingerprint density at radius 2 is 1.71 bits per heavy atom. The van der Waals surface area contributed by atoms with E-state index in [0.717, 1.165) is 25.7 Å². The average molecular weight is 353 g/mol. The smallest absolute Gasteiger partial charge is 0.251 e. The van der Waals surface area contributed by atoms with E-state index >= 15 is 0 Å². The molecule has 1 aromatic carbocycles. The summed E-state index contributed by atoms with van der Waals surface area (Å²) in [4.78, 5) is 12.6. The number of nitrogens with one attached hydrogen (secondary N) is 1. The van der Waals surface area contributed by atoms with Gasteiger partial charge in [-0.25, -0.2) is 8.42 Å². The summed E-state index contributed by atoms with van der Waals surface area (Å²) in [5.74, 6) is 0.0853. The summed E-state index contributed by atoms with van der Waals surface area (Å²) in [5.41, 5.74) is 0.387. The Kier molecular flexibility index (Phi) is 6.40. The van der Waals surface area contributed by atoms with Crippen LogP contribution < -0.4 is 5.32 Å². The second-order valence-corrected chi connectivity index (χ2v) is 8.79. The third-order valence-electron chi connectivity index (χ3n) is 4.66. The Morgan fingerprint density at radius 1 is 1.08 bits per heavy atom. The van der Waals surface area contributed by atoms with E-state index in [4.69, 9.17) is 0 Å². The van der Waals surface area contributed by atoms with Gasteiger partial charge in [0, 0.05) is 24.7 Å². The summed E-state index contributed by atoms with van der Waals surface area (Å²) in [6.45, 7) is 7.13. The zero-order chi connectivity index (χ0) is 17.7. The number of amides is 1. The van der Waals surface area contributed by atoms with Crippen molar-refractivity contribution in [2.24, 2.45) is 5.92 Å². The molecule has 1 unspecified atom stereocenters. The van der Waals surface area contributed by atoms with Gasteiger partial charge in [-0.2, -0.15) is 4.31 Å². The Hall–Kier alpha value is -1.40. The van der Waals surface area contributed by atoms with Crippen molar-refractivity contribution in [3.63, 3.8) is 0 Å². The van der Waals surface area contributed by atoms with Crippen LogP contribution in [0.4, 0.5) is 0 Å². The Morgan fingerprint density at radius 3 is 2.29 bits per heavy atom. The highest BCUT2D eigenvalue weighted by Gasteiger charge is 2.26. The molecule has 0 saturated carbocycles. The third-order valence-corrected chi connectivity index (χ3v) is 6.55. The van der Waals surface area contributed by atoms with Gasteiger partial charge in [0.25, 0.3) is 5.91 Å². The van der Waals surface area contributed by atoms with Crippen molar-refractivity contribution >= 4 is 15.9 Å². The SMILES string of the molecule is CC(C)C(C)NC(=O)c1cccc(S(=O)(=O)N2CCCCCC2)c1. The molecule has 0 bridgehead atoms. The first kappa shape index (κ1) is 18.9. The normalized spacial score (nSPS) is 18.2. The second kappa shape index (κ2) is 8.12. The van der Waals surface area contributed by atoms with Crippen LogP contribution in [0.2, 0.25) is 0 Å². The lowest BCUT2D eigenvalue weighted by Gasteiger charge is -2.21. The molecule has 1 fully saturated rings. The maximum Gasteiger partial charge on any atom is 0.251 e. The molecule has 1 amide bonds. The minimum absolute atomic E-state index is 0.0309. The van der Waals surface area contributed by atoms with Crippen molar-refractivity contribution in [1.29, 1.82) is 0 Å². The molecule has 1 heterocycles. The number of benzene rings is 1. The standard InChI is InChI=1S/C18H28N2O3S/c1-14(2)15(3)19-18(21)16-9-8-10-17(13-16)24(22,23)20-11-6-4-5-7-12-20/h8-10,13-15H,4-7,11-12H2,1-3H3,(H,19,21). The molecule has 1 N–H and O–H groups in total. The molecule has 1 aliphatic heterocycles. The fourth-order valence-corrected chi connectivity index (χ4v) is 4.25. The lowest BCUT2D eigenvalue weighted by molar-refractivity contribution is 0.0930. The Balaban J connectivity index is 2.21. The van der Waals surface area contributed by atoms with Gasteiger partial charge >= 0.3 is 0 Å². The van der Waals surface area contributed by atoms with Gasteiger partial charge < -0.3 is 5.32 Å². The predicted octanol–water partition coefficient (Wildman–Crippen LogP) is 3.03. The van der Waals surface area contributed by atoms with Crippen LogP contribution in [-0.2, 0) is 10.0 Å². The number of carbonyl (C=O) groups excluding carboxylic acids is 1. The van der Waals surface area contributed by atoms with Crippen LogP contribution in [0.1, 0.15) is 56.8 Å². The zero-order valence-electron chi connectivity index (χ0n) is 14.8. The number of sulfonamides is 1. The van der Waals surface area contributed by atoms with Crippen molar-refractivity contribution in [1.82, 2.24) is 9.62 Å². The molecule has 5 nitrogen and oxygen atoms in total. The van der Waals surface area contributed by atoms with Crippen LogP contribution in [0, 0.1) is 5.92 Å². The average Bonchev–Trinajstić information content (AvgIpc) is 2.84. The van der Waals surface area contributed by atoms with Gasteiger partial charge in [0.2, 0.25) is 10.0 Å². The monoisotopic (exact) mass is 352 g/mol. The largest absolute Gasteiger partial charge is 0.349 e. The topological polar surface area (TPSA) is 66.5 Å². The maximum atomic E-state index is 12.8. The number of hydrogen-bond donors (Lipinski definition) is 1. The molecule has 24 heavy (non-hydrogen) atoms. The van der Waals surface area contributed by atoms with E-state index in [0.29, 0.717) is 24.6 Å². The van der Waals surface area contributed by atoms with E-state index in [-0.39, 0.29) is 16.8 Å². The number of carbonyl (C=O) groups is 1. The van der Waals surface area contributed by atoms with Crippen LogP contribution in [0.3, 0.4) is 0 Å². The minimum Gasteiger partial charge on any atom is -0.349 e. The minimum atomic E-state index is -3.53. The van der Waals surface area contributed by atoms with Crippen LogP contribution in [-0.4, -0.2) is 37.8 Å². The molecule has 0 radical (unpaired) electrons. The fourth-order valence-electron chi connectivity index (χ4n) is 2.69.